The summed E-state index contributed by atoms with van der Waals surface area (Å²) >= 11 is 0. The number of alkyl halides is 3. The zero-order valence-corrected chi connectivity index (χ0v) is 6.77. The molecule has 0 aliphatic heterocycles. The molecule has 0 aromatic heterocycles. The molecule has 0 aliphatic carbocycles. The van der Waals surface area contributed by atoms with Crippen LogP contribution in [0.4, 0.5) is 13.2 Å². The molecule has 0 bridgehead atoms. The van der Waals surface area contributed by atoms with Gasteiger partial charge in [-0.25, -0.2) is 4.79 Å². The second-order valence-electron chi connectivity index (χ2n) is 2.31. The van der Waals surface area contributed by atoms with Crippen LogP contribution in [0.1, 0.15) is 6.42 Å². The summed E-state index contributed by atoms with van der Waals surface area (Å²) in [5.74, 6) is -1.11. The van der Waals surface area contributed by atoms with Crippen molar-refractivity contribution in [2.75, 3.05) is 13.1 Å². The maximum absolute atomic E-state index is 11.5. The van der Waals surface area contributed by atoms with Crippen LogP contribution in [0.25, 0.3) is 0 Å². The van der Waals surface area contributed by atoms with Crippen LogP contribution in [0.3, 0.4) is 0 Å². The van der Waals surface area contributed by atoms with E-state index < -0.39 is 18.6 Å². The van der Waals surface area contributed by atoms with Gasteiger partial charge in [-0.3, -0.25) is 0 Å². The summed E-state index contributed by atoms with van der Waals surface area (Å²) < 4.78 is 34.6. The number of carbonyl (C=O) groups is 1. The molecule has 0 spiro atoms. The lowest BCUT2D eigenvalue weighted by molar-refractivity contribution is -0.133. The van der Waals surface area contributed by atoms with Crippen molar-refractivity contribution in [3.8, 4) is 0 Å². The van der Waals surface area contributed by atoms with Crippen LogP contribution < -0.4 is 5.32 Å². The molecule has 0 aliphatic rings. The Hall–Kier alpha value is -1.04. The Kier molecular flexibility index (Phi) is 5.13. The van der Waals surface area contributed by atoms with Crippen LogP contribution in [0, 0.1) is 0 Å². The Bertz CT molecular complexity index is 189. The molecule has 0 unspecified atom stereocenters. The van der Waals surface area contributed by atoms with Crippen molar-refractivity contribution in [1.82, 2.24) is 5.32 Å². The second kappa shape index (κ2) is 5.58. The van der Waals surface area contributed by atoms with Gasteiger partial charge < -0.3 is 10.4 Å². The zero-order valence-electron chi connectivity index (χ0n) is 6.77. The predicted molar refractivity (Wildman–Crippen MR) is 40.3 cm³/mol. The number of halogens is 3. The maximum atomic E-state index is 11.5. The Morgan fingerprint density at radius 1 is 1.46 bits per heavy atom. The van der Waals surface area contributed by atoms with Gasteiger partial charge in [0.1, 0.15) is 0 Å². The summed E-state index contributed by atoms with van der Waals surface area (Å²) in [4.78, 5) is 9.90. The molecule has 0 fully saturated rings. The van der Waals surface area contributed by atoms with Gasteiger partial charge in [0.2, 0.25) is 0 Å². The molecule has 0 atom stereocenters. The van der Waals surface area contributed by atoms with Crippen LogP contribution in [-0.4, -0.2) is 30.3 Å². The number of hydrogen-bond donors (Lipinski definition) is 2. The van der Waals surface area contributed by atoms with Crippen molar-refractivity contribution >= 4 is 5.97 Å². The summed E-state index contributed by atoms with van der Waals surface area (Å²) in [6, 6.07) is 0. The van der Waals surface area contributed by atoms with E-state index in [0.717, 1.165) is 6.08 Å². The quantitative estimate of drug-likeness (QED) is 0.513. The van der Waals surface area contributed by atoms with Gasteiger partial charge in [0.15, 0.2) is 0 Å². The van der Waals surface area contributed by atoms with E-state index in [1.54, 1.807) is 0 Å². The number of rotatable bonds is 5. The predicted octanol–water partition coefficient (Wildman–Crippen LogP) is 1.17. The van der Waals surface area contributed by atoms with Crippen molar-refractivity contribution in [1.29, 1.82) is 0 Å². The maximum Gasteiger partial charge on any atom is 0.390 e. The van der Waals surface area contributed by atoms with Gasteiger partial charge in [0.05, 0.1) is 6.42 Å². The van der Waals surface area contributed by atoms with E-state index in [1.165, 1.54) is 6.08 Å². The third-order valence-electron chi connectivity index (χ3n) is 1.11. The molecule has 13 heavy (non-hydrogen) atoms. The van der Waals surface area contributed by atoms with Crippen LogP contribution in [-0.2, 0) is 4.79 Å². The van der Waals surface area contributed by atoms with Gasteiger partial charge >= 0.3 is 12.1 Å². The summed E-state index contributed by atoms with van der Waals surface area (Å²) in [5, 5.41) is 10.5. The van der Waals surface area contributed by atoms with E-state index in [0.29, 0.717) is 0 Å². The van der Waals surface area contributed by atoms with Crippen molar-refractivity contribution in [3.05, 3.63) is 12.2 Å². The molecule has 0 heterocycles. The first-order chi connectivity index (χ1) is 5.92. The molecular formula is C7H10F3NO2. The molecule has 0 rings (SSSR count). The summed E-state index contributed by atoms with van der Waals surface area (Å²) in [5.41, 5.74) is 0. The Balaban J connectivity index is 3.32. The SMILES string of the molecule is O=C(O)/C=C/CNCCC(F)(F)F. The first-order valence-electron chi connectivity index (χ1n) is 3.59. The highest BCUT2D eigenvalue weighted by atomic mass is 19.4. The summed E-state index contributed by atoms with van der Waals surface area (Å²) in [7, 11) is 0. The lowest BCUT2D eigenvalue weighted by Crippen LogP contribution is -2.21. The minimum absolute atomic E-state index is 0.127. The van der Waals surface area contributed by atoms with E-state index in [-0.39, 0.29) is 13.1 Å². The highest BCUT2D eigenvalue weighted by Gasteiger charge is 2.25. The third kappa shape index (κ3) is 11.0. The number of carboxylic acids is 1. The fourth-order valence-corrected chi connectivity index (χ4v) is 0.575. The molecule has 3 nitrogen and oxygen atoms in total. The molecule has 0 aromatic rings. The normalized spacial score (nSPS) is 12.2. The van der Waals surface area contributed by atoms with Gasteiger partial charge in [0.25, 0.3) is 0 Å². The van der Waals surface area contributed by atoms with Gasteiger partial charge in [-0.2, -0.15) is 13.2 Å². The highest BCUT2D eigenvalue weighted by molar-refractivity contribution is 5.79. The molecule has 0 amide bonds. The van der Waals surface area contributed by atoms with Crippen molar-refractivity contribution in [2.45, 2.75) is 12.6 Å². The van der Waals surface area contributed by atoms with Gasteiger partial charge in [-0.15, -0.1) is 0 Å². The summed E-state index contributed by atoms with van der Waals surface area (Å²) in [6.45, 7) is -0.0736. The fourth-order valence-electron chi connectivity index (χ4n) is 0.575. The average Bonchev–Trinajstić information content (AvgIpc) is 1.93. The Morgan fingerprint density at radius 3 is 2.54 bits per heavy atom. The molecule has 76 valence electrons. The topological polar surface area (TPSA) is 49.3 Å². The van der Waals surface area contributed by atoms with Gasteiger partial charge in [0, 0.05) is 19.2 Å². The zero-order chi connectivity index (χ0) is 10.3. The number of nitrogens with one attached hydrogen (secondary N) is 1. The van der Waals surface area contributed by atoms with Crippen LogP contribution >= 0.6 is 0 Å². The summed E-state index contributed by atoms with van der Waals surface area (Å²) in [6.07, 6.45) is -2.95. The average molecular weight is 197 g/mol. The smallest absolute Gasteiger partial charge is 0.390 e. The lowest BCUT2D eigenvalue weighted by Gasteiger charge is -2.05. The monoisotopic (exact) mass is 197 g/mol. The van der Waals surface area contributed by atoms with E-state index in [4.69, 9.17) is 5.11 Å². The lowest BCUT2D eigenvalue weighted by atomic mass is 10.4. The van der Waals surface area contributed by atoms with Gasteiger partial charge in [-0.05, 0) is 0 Å². The fraction of sp³-hybridized carbons (Fsp3) is 0.571. The highest BCUT2D eigenvalue weighted by Crippen LogP contribution is 2.17. The van der Waals surface area contributed by atoms with E-state index in [9.17, 15) is 18.0 Å². The van der Waals surface area contributed by atoms with Crippen molar-refractivity contribution in [3.63, 3.8) is 0 Å². The molecule has 0 aromatic carbocycles. The molecule has 0 saturated carbocycles. The first-order valence-corrected chi connectivity index (χ1v) is 3.59. The molecule has 0 saturated heterocycles. The van der Waals surface area contributed by atoms with Crippen molar-refractivity contribution in [2.24, 2.45) is 0 Å². The first kappa shape index (κ1) is 12.0. The number of hydrogen-bond acceptors (Lipinski definition) is 2. The van der Waals surface area contributed by atoms with E-state index in [1.807, 2.05) is 0 Å². The van der Waals surface area contributed by atoms with Crippen LogP contribution in [0.5, 0.6) is 0 Å². The van der Waals surface area contributed by atoms with Crippen molar-refractivity contribution < 1.29 is 23.1 Å². The third-order valence-corrected chi connectivity index (χ3v) is 1.11. The Morgan fingerprint density at radius 2 is 2.08 bits per heavy atom. The van der Waals surface area contributed by atoms with E-state index in [2.05, 4.69) is 5.32 Å². The minimum Gasteiger partial charge on any atom is -0.478 e. The molecule has 6 heteroatoms. The second-order valence-corrected chi connectivity index (χ2v) is 2.31. The van der Waals surface area contributed by atoms with Gasteiger partial charge in [-0.1, -0.05) is 6.08 Å². The standard InChI is InChI=1S/C7H10F3NO2/c8-7(9,10)3-5-11-4-1-2-6(12)13/h1-2,11H,3-5H2,(H,12,13)/b2-1+. The number of aliphatic carboxylic acids is 1. The largest absolute Gasteiger partial charge is 0.478 e. The molecular weight excluding hydrogens is 187 g/mol. The molecule has 0 radical (unpaired) electrons. The Labute approximate surface area is 73.2 Å². The van der Waals surface area contributed by atoms with Crippen LogP contribution in [0.2, 0.25) is 0 Å². The minimum atomic E-state index is -4.16. The van der Waals surface area contributed by atoms with Crippen LogP contribution in [0.15, 0.2) is 12.2 Å². The molecule has 2 N–H and O–H groups in total. The number of carboxylic acid groups (broad SMARTS) is 1. The van der Waals surface area contributed by atoms with E-state index >= 15 is 0 Å².